The van der Waals surface area contributed by atoms with Gasteiger partial charge in [-0.1, -0.05) is 20.3 Å². The maximum atomic E-state index is 6.44. The van der Waals surface area contributed by atoms with Crippen LogP contribution in [0.15, 0.2) is 0 Å². The van der Waals surface area contributed by atoms with E-state index in [0.717, 1.165) is 24.4 Å². The summed E-state index contributed by atoms with van der Waals surface area (Å²) in [5, 5.41) is 0. The van der Waals surface area contributed by atoms with Crippen LogP contribution in [0.3, 0.4) is 0 Å². The van der Waals surface area contributed by atoms with Crippen molar-refractivity contribution in [3.05, 3.63) is 0 Å². The molecule has 6 unspecified atom stereocenters. The van der Waals surface area contributed by atoms with Crippen LogP contribution in [0.4, 0.5) is 0 Å². The maximum Gasteiger partial charge on any atom is 0.0551 e. The summed E-state index contributed by atoms with van der Waals surface area (Å²) < 4.78 is 5.65. The van der Waals surface area contributed by atoms with E-state index in [0.29, 0.717) is 18.1 Å². The third-order valence-corrected chi connectivity index (χ3v) is 4.96. The SMILES string of the molecule is CC1CC(C(N)C2CCC(C)C(C)C2)CO1. The predicted octanol–water partition coefficient (Wildman–Crippen LogP) is 2.81. The number of rotatable bonds is 2. The van der Waals surface area contributed by atoms with Crippen LogP contribution in [0.1, 0.15) is 46.5 Å². The van der Waals surface area contributed by atoms with E-state index in [4.69, 9.17) is 10.5 Å². The highest BCUT2D eigenvalue weighted by Crippen LogP contribution is 2.37. The molecule has 2 aliphatic rings. The Labute approximate surface area is 99.9 Å². The van der Waals surface area contributed by atoms with Crippen molar-refractivity contribution in [2.45, 2.75) is 58.6 Å². The first-order valence-electron chi connectivity index (χ1n) is 6.95. The van der Waals surface area contributed by atoms with E-state index in [1.54, 1.807) is 0 Å². The minimum Gasteiger partial charge on any atom is -0.378 e. The summed E-state index contributed by atoms with van der Waals surface area (Å²) in [5.74, 6) is 3.09. The quantitative estimate of drug-likeness (QED) is 0.784. The Morgan fingerprint density at radius 1 is 1.00 bits per heavy atom. The fraction of sp³-hybridized carbons (Fsp3) is 1.00. The van der Waals surface area contributed by atoms with Crippen molar-refractivity contribution in [2.24, 2.45) is 29.4 Å². The number of ether oxygens (including phenoxy) is 1. The normalized spacial score (nSPS) is 46.9. The molecule has 0 bridgehead atoms. The average Bonchev–Trinajstić information content (AvgIpc) is 2.68. The molecule has 2 N–H and O–H groups in total. The van der Waals surface area contributed by atoms with Gasteiger partial charge in [-0.2, -0.15) is 0 Å². The molecule has 2 fully saturated rings. The Balaban J connectivity index is 1.87. The summed E-state index contributed by atoms with van der Waals surface area (Å²) in [6.07, 6.45) is 5.62. The van der Waals surface area contributed by atoms with Crippen LogP contribution >= 0.6 is 0 Å². The molecule has 0 radical (unpaired) electrons. The molecule has 0 aromatic rings. The van der Waals surface area contributed by atoms with Gasteiger partial charge in [-0.15, -0.1) is 0 Å². The topological polar surface area (TPSA) is 35.2 Å². The highest BCUT2D eigenvalue weighted by Gasteiger charge is 2.35. The molecule has 1 aliphatic heterocycles. The van der Waals surface area contributed by atoms with Gasteiger partial charge in [0.25, 0.3) is 0 Å². The first-order valence-corrected chi connectivity index (χ1v) is 6.95. The summed E-state index contributed by atoms with van der Waals surface area (Å²) >= 11 is 0. The Morgan fingerprint density at radius 3 is 2.31 bits per heavy atom. The second-order valence-corrected chi connectivity index (χ2v) is 6.24. The molecule has 0 aromatic carbocycles. The molecule has 1 aliphatic carbocycles. The minimum atomic E-state index is 0.375. The van der Waals surface area contributed by atoms with Crippen LogP contribution in [-0.4, -0.2) is 18.8 Å². The van der Waals surface area contributed by atoms with Crippen molar-refractivity contribution in [1.82, 2.24) is 0 Å². The van der Waals surface area contributed by atoms with Gasteiger partial charge in [-0.05, 0) is 43.9 Å². The zero-order valence-corrected chi connectivity index (χ0v) is 11.0. The molecule has 2 heteroatoms. The number of hydrogen-bond donors (Lipinski definition) is 1. The first kappa shape index (κ1) is 12.4. The molecule has 1 heterocycles. The molecule has 1 saturated heterocycles. The second-order valence-electron chi connectivity index (χ2n) is 6.24. The number of hydrogen-bond acceptors (Lipinski definition) is 2. The van der Waals surface area contributed by atoms with E-state index in [-0.39, 0.29) is 0 Å². The lowest BCUT2D eigenvalue weighted by atomic mass is 9.71. The van der Waals surface area contributed by atoms with Gasteiger partial charge < -0.3 is 10.5 Å². The maximum absolute atomic E-state index is 6.44. The Hall–Kier alpha value is -0.0800. The smallest absolute Gasteiger partial charge is 0.0551 e. The monoisotopic (exact) mass is 225 g/mol. The Morgan fingerprint density at radius 2 is 1.75 bits per heavy atom. The van der Waals surface area contributed by atoms with Gasteiger partial charge in [0.2, 0.25) is 0 Å². The lowest BCUT2D eigenvalue weighted by Gasteiger charge is -2.37. The second kappa shape index (κ2) is 5.05. The molecule has 2 nitrogen and oxygen atoms in total. The van der Waals surface area contributed by atoms with E-state index in [2.05, 4.69) is 20.8 Å². The number of nitrogens with two attached hydrogens (primary N) is 1. The van der Waals surface area contributed by atoms with E-state index in [9.17, 15) is 0 Å². The van der Waals surface area contributed by atoms with E-state index in [1.165, 1.54) is 25.7 Å². The van der Waals surface area contributed by atoms with Crippen LogP contribution < -0.4 is 5.73 Å². The first-order chi connectivity index (χ1) is 7.58. The van der Waals surface area contributed by atoms with Gasteiger partial charge in [0, 0.05) is 12.0 Å². The highest BCUT2D eigenvalue weighted by molar-refractivity contribution is 4.88. The fourth-order valence-electron chi connectivity index (χ4n) is 3.44. The molecule has 0 aromatic heterocycles. The third kappa shape index (κ3) is 2.60. The lowest BCUT2D eigenvalue weighted by molar-refractivity contribution is 0.109. The standard InChI is InChI=1S/C14H27NO/c1-9-4-5-12(6-10(9)2)14(15)13-7-11(3)16-8-13/h9-14H,4-8,15H2,1-3H3. The summed E-state index contributed by atoms with van der Waals surface area (Å²) in [5.41, 5.74) is 6.44. The lowest BCUT2D eigenvalue weighted by Crippen LogP contribution is -2.41. The van der Waals surface area contributed by atoms with Crippen LogP contribution in [0, 0.1) is 23.7 Å². The molecular formula is C14H27NO. The van der Waals surface area contributed by atoms with Crippen LogP contribution in [-0.2, 0) is 4.74 Å². The zero-order chi connectivity index (χ0) is 11.7. The Kier molecular flexibility index (Phi) is 3.91. The van der Waals surface area contributed by atoms with E-state index in [1.807, 2.05) is 0 Å². The van der Waals surface area contributed by atoms with Crippen LogP contribution in [0.2, 0.25) is 0 Å². The van der Waals surface area contributed by atoms with Gasteiger partial charge in [0.05, 0.1) is 12.7 Å². The van der Waals surface area contributed by atoms with Crippen molar-refractivity contribution in [1.29, 1.82) is 0 Å². The van der Waals surface area contributed by atoms with Crippen LogP contribution in [0.25, 0.3) is 0 Å². The zero-order valence-electron chi connectivity index (χ0n) is 11.0. The Bertz CT molecular complexity index is 231. The highest BCUT2D eigenvalue weighted by atomic mass is 16.5. The van der Waals surface area contributed by atoms with Crippen molar-refractivity contribution in [3.63, 3.8) is 0 Å². The van der Waals surface area contributed by atoms with Gasteiger partial charge in [0.15, 0.2) is 0 Å². The molecule has 94 valence electrons. The molecular weight excluding hydrogens is 198 g/mol. The van der Waals surface area contributed by atoms with Crippen molar-refractivity contribution >= 4 is 0 Å². The minimum absolute atomic E-state index is 0.375. The third-order valence-electron chi connectivity index (χ3n) is 4.96. The van der Waals surface area contributed by atoms with E-state index < -0.39 is 0 Å². The molecule has 0 spiro atoms. The van der Waals surface area contributed by atoms with Crippen LogP contribution in [0.5, 0.6) is 0 Å². The summed E-state index contributed by atoms with van der Waals surface area (Å²) in [7, 11) is 0. The van der Waals surface area contributed by atoms with Crippen molar-refractivity contribution < 1.29 is 4.74 Å². The van der Waals surface area contributed by atoms with Gasteiger partial charge >= 0.3 is 0 Å². The van der Waals surface area contributed by atoms with E-state index >= 15 is 0 Å². The average molecular weight is 225 g/mol. The predicted molar refractivity (Wildman–Crippen MR) is 67.2 cm³/mol. The molecule has 16 heavy (non-hydrogen) atoms. The fourth-order valence-corrected chi connectivity index (χ4v) is 3.44. The van der Waals surface area contributed by atoms with Crippen molar-refractivity contribution in [3.8, 4) is 0 Å². The molecule has 2 rings (SSSR count). The summed E-state index contributed by atoms with van der Waals surface area (Å²) in [6.45, 7) is 7.82. The largest absolute Gasteiger partial charge is 0.378 e. The summed E-state index contributed by atoms with van der Waals surface area (Å²) in [4.78, 5) is 0. The summed E-state index contributed by atoms with van der Waals surface area (Å²) in [6, 6.07) is 0.375. The molecule has 0 amide bonds. The van der Waals surface area contributed by atoms with Gasteiger partial charge in [0.1, 0.15) is 0 Å². The van der Waals surface area contributed by atoms with Gasteiger partial charge in [-0.25, -0.2) is 0 Å². The van der Waals surface area contributed by atoms with Gasteiger partial charge in [-0.3, -0.25) is 0 Å². The van der Waals surface area contributed by atoms with Crippen molar-refractivity contribution in [2.75, 3.05) is 6.61 Å². The molecule has 6 atom stereocenters. The molecule has 1 saturated carbocycles.